The lowest BCUT2D eigenvalue weighted by Crippen LogP contribution is -2.40. The summed E-state index contributed by atoms with van der Waals surface area (Å²) < 4.78 is 32.3. The van der Waals surface area contributed by atoms with Gasteiger partial charge in [-0.15, -0.1) is 11.3 Å². The Hall–Kier alpha value is -0.430. The maximum absolute atomic E-state index is 12.6. The predicted molar refractivity (Wildman–Crippen MR) is 80.5 cm³/mol. The molecule has 0 N–H and O–H groups in total. The third-order valence-corrected chi connectivity index (χ3v) is 7.26. The van der Waals surface area contributed by atoms with E-state index >= 15 is 0 Å². The normalized spacial score (nSPS) is 27.6. The van der Waals surface area contributed by atoms with Gasteiger partial charge in [-0.2, -0.15) is 4.31 Å². The number of thiophene rings is 1. The first-order valence-electron chi connectivity index (χ1n) is 7.25. The van der Waals surface area contributed by atoms with Crippen molar-refractivity contribution in [3.63, 3.8) is 0 Å². The Bertz CT molecular complexity index is 561. The number of sulfonamides is 1. The zero-order chi connectivity index (χ0) is 14.2. The van der Waals surface area contributed by atoms with Crippen molar-refractivity contribution in [2.75, 3.05) is 18.9 Å². The van der Waals surface area contributed by atoms with Crippen molar-refractivity contribution >= 4 is 21.4 Å². The number of hydrogen-bond donors (Lipinski definition) is 0. The largest absolute Gasteiger partial charge is 0.378 e. The van der Waals surface area contributed by atoms with Gasteiger partial charge in [0.25, 0.3) is 0 Å². The average Bonchev–Trinajstić information content (AvgIpc) is 3.08. The second kappa shape index (κ2) is 5.75. The van der Waals surface area contributed by atoms with Crippen LogP contribution in [0.5, 0.6) is 0 Å². The molecule has 0 spiro atoms. The van der Waals surface area contributed by atoms with E-state index in [0.717, 1.165) is 25.9 Å². The van der Waals surface area contributed by atoms with E-state index in [1.54, 1.807) is 15.6 Å². The molecular weight excluding hydrogens is 294 g/mol. The van der Waals surface area contributed by atoms with Gasteiger partial charge in [-0.25, -0.2) is 8.42 Å². The van der Waals surface area contributed by atoms with Gasteiger partial charge >= 0.3 is 0 Å². The summed E-state index contributed by atoms with van der Waals surface area (Å²) in [5.74, 6) is 0.210. The van der Waals surface area contributed by atoms with Crippen molar-refractivity contribution in [3.05, 3.63) is 21.9 Å². The molecule has 0 saturated carbocycles. The quantitative estimate of drug-likeness (QED) is 0.858. The Morgan fingerprint density at radius 3 is 3.10 bits per heavy atom. The average molecular weight is 315 g/mol. The third kappa shape index (κ3) is 2.79. The minimum absolute atomic E-state index is 0.0282. The van der Waals surface area contributed by atoms with Gasteiger partial charge in [0.15, 0.2) is 0 Å². The number of rotatable bonds is 4. The summed E-state index contributed by atoms with van der Waals surface area (Å²) in [5.41, 5.74) is 1.18. The molecule has 1 fully saturated rings. The molecule has 2 atom stereocenters. The van der Waals surface area contributed by atoms with Crippen LogP contribution in [-0.4, -0.2) is 37.7 Å². The number of fused-ring (bicyclic) bond motifs is 1. The molecule has 0 bridgehead atoms. The van der Waals surface area contributed by atoms with E-state index in [9.17, 15) is 8.42 Å². The van der Waals surface area contributed by atoms with Crippen molar-refractivity contribution in [3.8, 4) is 0 Å². The van der Waals surface area contributed by atoms with Gasteiger partial charge in [-0.3, -0.25) is 0 Å². The Morgan fingerprint density at radius 1 is 1.50 bits per heavy atom. The lowest BCUT2D eigenvalue weighted by Gasteiger charge is -2.32. The summed E-state index contributed by atoms with van der Waals surface area (Å²) in [5, 5.41) is 2.06. The van der Waals surface area contributed by atoms with E-state index in [2.05, 4.69) is 11.4 Å². The molecule has 112 valence electrons. The maximum atomic E-state index is 12.6. The van der Waals surface area contributed by atoms with Crippen LogP contribution in [0.2, 0.25) is 0 Å². The van der Waals surface area contributed by atoms with Crippen LogP contribution < -0.4 is 0 Å². The minimum atomic E-state index is -3.18. The van der Waals surface area contributed by atoms with Gasteiger partial charge in [-0.05, 0) is 49.6 Å². The highest BCUT2D eigenvalue weighted by Gasteiger charge is 2.33. The van der Waals surface area contributed by atoms with Crippen LogP contribution in [0.3, 0.4) is 0 Å². The number of hydrogen-bond acceptors (Lipinski definition) is 4. The molecule has 3 rings (SSSR count). The molecule has 0 aromatic carbocycles. The van der Waals surface area contributed by atoms with Crippen molar-refractivity contribution in [1.29, 1.82) is 0 Å². The van der Waals surface area contributed by atoms with Gasteiger partial charge in [0, 0.05) is 24.1 Å². The maximum Gasteiger partial charge on any atom is 0.214 e. The van der Waals surface area contributed by atoms with Crippen LogP contribution >= 0.6 is 11.3 Å². The van der Waals surface area contributed by atoms with E-state index in [-0.39, 0.29) is 17.9 Å². The van der Waals surface area contributed by atoms with Gasteiger partial charge in [0.2, 0.25) is 10.0 Å². The van der Waals surface area contributed by atoms with E-state index in [1.807, 2.05) is 6.92 Å². The van der Waals surface area contributed by atoms with Crippen molar-refractivity contribution in [2.45, 2.75) is 44.8 Å². The Balaban J connectivity index is 1.68. The minimum Gasteiger partial charge on any atom is -0.378 e. The molecule has 1 aromatic heterocycles. The zero-order valence-corrected chi connectivity index (χ0v) is 13.4. The Labute approximate surface area is 124 Å². The van der Waals surface area contributed by atoms with Crippen LogP contribution in [0.15, 0.2) is 11.4 Å². The second-order valence-electron chi connectivity index (χ2n) is 5.58. The molecule has 2 aliphatic rings. The van der Waals surface area contributed by atoms with Gasteiger partial charge in [0.1, 0.15) is 0 Å². The molecule has 20 heavy (non-hydrogen) atoms. The highest BCUT2D eigenvalue weighted by molar-refractivity contribution is 7.89. The lowest BCUT2D eigenvalue weighted by molar-refractivity contribution is 0.108. The van der Waals surface area contributed by atoms with Gasteiger partial charge in [-0.1, -0.05) is 0 Å². The van der Waals surface area contributed by atoms with Crippen molar-refractivity contribution in [2.24, 2.45) is 0 Å². The first-order valence-corrected chi connectivity index (χ1v) is 9.74. The summed E-state index contributed by atoms with van der Waals surface area (Å²) in [6.45, 7) is 3.39. The number of ether oxygens (including phenoxy) is 1. The SMILES string of the molecule is C[C@H]1c2ccsc2CCN1S(=O)(=O)CC[C@H]1CCCO1. The molecule has 0 unspecified atom stereocenters. The monoisotopic (exact) mass is 315 g/mol. The van der Waals surface area contributed by atoms with E-state index < -0.39 is 10.0 Å². The smallest absolute Gasteiger partial charge is 0.214 e. The third-order valence-electron chi connectivity index (χ3n) is 4.30. The number of nitrogens with zero attached hydrogens (tertiary/aromatic N) is 1. The molecule has 1 saturated heterocycles. The first-order chi connectivity index (χ1) is 9.58. The van der Waals surface area contributed by atoms with E-state index in [1.165, 1.54) is 10.4 Å². The van der Waals surface area contributed by atoms with E-state index in [0.29, 0.717) is 13.0 Å². The topological polar surface area (TPSA) is 46.6 Å². The molecule has 0 amide bonds. The van der Waals surface area contributed by atoms with Crippen molar-refractivity contribution in [1.82, 2.24) is 4.31 Å². The summed E-state index contributed by atoms with van der Waals surface area (Å²) in [4.78, 5) is 1.34. The molecular formula is C14H21NO3S2. The van der Waals surface area contributed by atoms with Crippen LogP contribution in [-0.2, 0) is 21.2 Å². The zero-order valence-electron chi connectivity index (χ0n) is 11.7. The van der Waals surface area contributed by atoms with Crippen LogP contribution in [0.4, 0.5) is 0 Å². The first kappa shape index (κ1) is 14.5. The highest BCUT2D eigenvalue weighted by Crippen LogP contribution is 2.34. The molecule has 0 aliphatic carbocycles. The molecule has 2 aliphatic heterocycles. The lowest BCUT2D eigenvalue weighted by atomic mass is 10.0. The summed E-state index contributed by atoms with van der Waals surface area (Å²) >= 11 is 1.73. The van der Waals surface area contributed by atoms with Gasteiger partial charge < -0.3 is 4.74 Å². The second-order valence-corrected chi connectivity index (χ2v) is 8.62. The van der Waals surface area contributed by atoms with Crippen LogP contribution in [0.25, 0.3) is 0 Å². The summed E-state index contributed by atoms with van der Waals surface area (Å²) in [7, 11) is -3.18. The van der Waals surface area contributed by atoms with E-state index in [4.69, 9.17) is 4.74 Å². The van der Waals surface area contributed by atoms with Crippen LogP contribution in [0, 0.1) is 0 Å². The predicted octanol–water partition coefficient (Wildman–Crippen LogP) is 2.57. The summed E-state index contributed by atoms with van der Waals surface area (Å²) in [6.07, 6.45) is 3.67. The Kier molecular flexibility index (Phi) is 4.17. The highest BCUT2D eigenvalue weighted by atomic mass is 32.2. The summed E-state index contributed by atoms with van der Waals surface area (Å²) in [6, 6.07) is 2.03. The van der Waals surface area contributed by atoms with Crippen molar-refractivity contribution < 1.29 is 13.2 Å². The molecule has 1 aromatic rings. The molecule has 3 heterocycles. The molecule has 6 heteroatoms. The molecule has 0 radical (unpaired) electrons. The fourth-order valence-electron chi connectivity index (χ4n) is 3.14. The standard InChI is InChI=1S/C14H21NO3S2/c1-11-13-5-9-19-14(13)4-7-15(11)20(16,17)10-6-12-3-2-8-18-12/h5,9,11-12H,2-4,6-8,10H2,1H3/t11-,12+/m0/s1. The Morgan fingerprint density at radius 2 is 2.35 bits per heavy atom. The fourth-order valence-corrected chi connectivity index (χ4v) is 5.86. The van der Waals surface area contributed by atoms with Gasteiger partial charge in [0.05, 0.1) is 11.9 Å². The molecule has 4 nitrogen and oxygen atoms in total. The van der Waals surface area contributed by atoms with Crippen LogP contribution in [0.1, 0.15) is 42.7 Å². The fraction of sp³-hybridized carbons (Fsp3) is 0.714.